The van der Waals surface area contributed by atoms with Crippen LogP contribution >= 0.6 is 22.7 Å². The quantitative estimate of drug-likeness (QED) is 0.456. The SMILES string of the molecule is CCOC(=O)c1c(NC(=O)Cn2c(CN3CCCC3)nc3sc4c(c3c2=O)CCCC4)sc(C)c1C. The Labute approximate surface area is 218 Å². The van der Waals surface area contributed by atoms with Gasteiger partial charge in [-0.15, -0.1) is 22.7 Å². The third-order valence-electron chi connectivity index (χ3n) is 7.14. The Morgan fingerprint density at radius 1 is 1.08 bits per heavy atom. The summed E-state index contributed by atoms with van der Waals surface area (Å²) in [6.07, 6.45) is 6.36. The normalized spacial score (nSPS) is 15.9. The van der Waals surface area contributed by atoms with Crippen molar-refractivity contribution in [2.75, 3.05) is 25.0 Å². The maximum Gasteiger partial charge on any atom is 0.341 e. The first kappa shape index (κ1) is 25.1. The minimum absolute atomic E-state index is 0.132. The molecule has 8 nitrogen and oxygen atoms in total. The summed E-state index contributed by atoms with van der Waals surface area (Å²) in [7, 11) is 0. The van der Waals surface area contributed by atoms with Crippen LogP contribution in [-0.2, 0) is 35.5 Å². The summed E-state index contributed by atoms with van der Waals surface area (Å²) in [5.74, 6) is -0.168. The van der Waals surface area contributed by atoms with E-state index in [4.69, 9.17) is 9.72 Å². The van der Waals surface area contributed by atoms with Crippen LogP contribution in [0.5, 0.6) is 0 Å². The zero-order chi connectivity index (χ0) is 25.4. The number of nitrogens with one attached hydrogen (secondary N) is 1. The third-order valence-corrected chi connectivity index (χ3v) is 9.45. The van der Waals surface area contributed by atoms with Crippen LogP contribution in [-0.4, -0.2) is 46.0 Å². The largest absolute Gasteiger partial charge is 0.462 e. The predicted molar refractivity (Wildman–Crippen MR) is 143 cm³/mol. The number of hydrogen-bond acceptors (Lipinski definition) is 8. The number of rotatable bonds is 7. The van der Waals surface area contributed by atoms with Crippen molar-refractivity contribution in [2.24, 2.45) is 0 Å². The summed E-state index contributed by atoms with van der Waals surface area (Å²) in [6.45, 7) is 8.12. The summed E-state index contributed by atoms with van der Waals surface area (Å²) in [5.41, 5.74) is 2.18. The lowest BCUT2D eigenvalue weighted by molar-refractivity contribution is -0.116. The second-order valence-corrected chi connectivity index (χ2v) is 11.9. The Morgan fingerprint density at radius 3 is 2.58 bits per heavy atom. The van der Waals surface area contributed by atoms with Crippen molar-refractivity contribution in [3.8, 4) is 0 Å². The molecule has 1 aliphatic carbocycles. The van der Waals surface area contributed by atoms with Gasteiger partial charge in [0.25, 0.3) is 5.56 Å². The summed E-state index contributed by atoms with van der Waals surface area (Å²) < 4.78 is 6.76. The van der Waals surface area contributed by atoms with Crippen LogP contribution in [0.2, 0.25) is 0 Å². The van der Waals surface area contributed by atoms with Crippen molar-refractivity contribution < 1.29 is 14.3 Å². The number of ether oxygens (including phenoxy) is 1. The van der Waals surface area contributed by atoms with Crippen molar-refractivity contribution in [3.63, 3.8) is 0 Å². The molecular formula is C26H32N4O4S2. The molecule has 3 aromatic rings. The molecule has 4 heterocycles. The van der Waals surface area contributed by atoms with E-state index in [1.807, 2.05) is 13.8 Å². The van der Waals surface area contributed by atoms with E-state index in [1.54, 1.807) is 22.8 Å². The first-order valence-corrected chi connectivity index (χ1v) is 14.3. The molecular weight excluding hydrogens is 496 g/mol. The number of anilines is 1. The summed E-state index contributed by atoms with van der Waals surface area (Å²) in [4.78, 5) is 49.9. The summed E-state index contributed by atoms with van der Waals surface area (Å²) in [5, 5.41) is 4.04. The van der Waals surface area contributed by atoms with E-state index in [-0.39, 0.29) is 24.6 Å². The molecule has 192 valence electrons. The maximum atomic E-state index is 13.8. The number of likely N-dealkylation sites (tertiary alicyclic amines) is 1. The van der Waals surface area contributed by atoms with Gasteiger partial charge in [-0.25, -0.2) is 9.78 Å². The van der Waals surface area contributed by atoms with E-state index in [1.165, 1.54) is 16.2 Å². The number of nitrogens with zero attached hydrogens (tertiary/aromatic N) is 3. The van der Waals surface area contributed by atoms with Crippen LogP contribution in [0, 0.1) is 13.8 Å². The van der Waals surface area contributed by atoms with Crippen molar-refractivity contribution in [1.82, 2.24) is 14.5 Å². The molecule has 0 radical (unpaired) electrons. The first-order valence-electron chi connectivity index (χ1n) is 12.7. The minimum Gasteiger partial charge on any atom is -0.462 e. The number of fused-ring (bicyclic) bond motifs is 3. The van der Waals surface area contributed by atoms with Crippen molar-refractivity contribution in [2.45, 2.75) is 72.4 Å². The standard InChI is InChI=1S/C26H32N4O4S2/c1-4-34-26(33)21-15(2)16(3)35-23(21)28-20(31)14-30-19(13-29-11-7-8-12-29)27-24-22(25(30)32)17-9-5-6-10-18(17)36-24/h4-14H2,1-3H3,(H,28,31). The van der Waals surface area contributed by atoms with Gasteiger partial charge in [0, 0.05) is 9.75 Å². The zero-order valence-electron chi connectivity index (χ0n) is 21.1. The van der Waals surface area contributed by atoms with E-state index < -0.39 is 5.97 Å². The second-order valence-electron chi connectivity index (χ2n) is 9.55. The number of carbonyl (C=O) groups excluding carboxylic acids is 2. The fraction of sp³-hybridized carbons (Fsp3) is 0.538. The monoisotopic (exact) mass is 528 g/mol. The highest BCUT2D eigenvalue weighted by molar-refractivity contribution is 7.18. The van der Waals surface area contributed by atoms with Gasteiger partial charge in [-0.1, -0.05) is 0 Å². The Balaban J connectivity index is 1.50. The van der Waals surface area contributed by atoms with Gasteiger partial charge in [0.05, 0.1) is 24.1 Å². The van der Waals surface area contributed by atoms with Gasteiger partial charge in [-0.05, 0) is 83.5 Å². The molecule has 0 atom stereocenters. The van der Waals surface area contributed by atoms with Crippen LogP contribution < -0.4 is 10.9 Å². The Morgan fingerprint density at radius 2 is 1.83 bits per heavy atom. The van der Waals surface area contributed by atoms with Gasteiger partial charge in [0.2, 0.25) is 5.91 Å². The molecule has 36 heavy (non-hydrogen) atoms. The highest BCUT2D eigenvalue weighted by atomic mass is 32.1. The average Bonchev–Trinajstić information content (AvgIpc) is 3.55. The fourth-order valence-corrected chi connectivity index (χ4v) is 7.51. The molecule has 0 unspecified atom stereocenters. The summed E-state index contributed by atoms with van der Waals surface area (Å²) in [6, 6.07) is 0. The maximum absolute atomic E-state index is 13.8. The molecule has 1 N–H and O–H groups in total. The lowest BCUT2D eigenvalue weighted by Gasteiger charge is -2.18. The Hall–Kier alpha value is -2.56. The van der Waals surface area contributed by atoms with Crippen LogP contribution in [0.15, 0.2) is 4.79 Å². The van der Waals surface area contributed by atoms with Crippen molar-refractivity contribution in [3.05, 3.63) is 42.6 Å². The van der Waals surface area contributed by atoms with Crippen LogP contribution in [0.4, 0.5) is 5.00 Å². The lowest BCUT2D eigenvalue weighted by Crippen LogP contribution is -2.34. The molecule has 1 fully saturated rings. The average molecular weight is 529 g/mol. The minimum atomic E-state index is -0.450. The fourth-order valence-electron chi connectivity index (χ4n) is 5.18. The van der Waals surface area contributed by atoms with Crippen LogP contribution in [0.1, 0.15) is 69.7 Å². The smallest absolute Gasteiger partial charge is 0.341 e. The highest BCUT2D eigenvalue weighted by Gasteiger charge is 2.26. The summed E-state index contributed by atoms with van der Waals surface area (Å²) >= 11 is 2.99. The molecule has 5 rings (SSSR count). The number of aromatic nitrogens is 2. The number of esters is 1. The van der Waals surface area contributed by atoms with Gasteiger partial charge < -0.3 is 10.1 Å². The highest BCUT2D eigenvalue weighted by Crippen LogP contribution is 2.35. The number of hydrogen-bond donors (Lipinski definition) is 1. The number of carbonyl (C=O) groups is 2. The van der Waals surface area contributed by atoms with Gasteiger partial charge in [0.1, 0.15) is 22.2 Å². The van der Waals surface area contributed by atoms with Gasteiger partial charge >= 0.3 is 5.97 Å². The van der Waals surface area contributed by atoms with Crippen molar-refractivity contribution >= 4 is 49.8 Å². The van der Waals surface area contributed by atoms with E-state index in [0.29, 0.717) is 28.3 Å². The van der Waals surface area contributed by atoms with E-state index >= 15 is 0 Å². The lowest BCUT2D eigenvalue weighted by atomic mass is 9.97. The van der Waals surface area contributed by atoms with E-state index in [9.17, 15) is 14.4 Å². The molecule has 0 aromatic carbocycles. The molecule has 0 bridgehead atoms. The predicted octanol–water partition coefficient (Wildman–Crippen LogP) is 4.43. The third kappa shape index (κ3) is 4.73. The molecule has 1 amide bonds. The topological polar surface area (TPSA) is 93.5 Å². The molecule has 0 spiro atoms. The number of thiophene rings is 2. The first-order chi connectivity index (χ1) is 17.4. The van der Waals surface area contributed by atoms with E-state index in [2.05, 4.69) is 10.2 Å². The molecule has 2 aliphatic rings. The second kappa shape index (κ2) is 10.4. The molecule has 1 saturated heterocycles. The number of aryl methyl sites for hydroxylation is 3. The van der Waals surface area contributed by atoms with E-state index in [0.717, 1.165) is 72.4 Å². The van der Waals surface area contributed by atoms with Crippen LogP contribution in [0.3, 0.4) is 0 Å². The Bertz CT molecular complexity index is 1380. The van der Waals surface area contributed by atoms with Gasteiger partial charge in [0.15, 0.2) is 0 Å². The molecule has 10 heteroatoms. The molecule has 3 aromatic heterocycles. The Kier molecular flexibility index (Phi) is 7.28. The number of amides is 1. The van der Waals surface area contributed by atoms with Crippen molar-refractivity contribution in [1.29, 1.82) is 0 Å². The van der Waals surface area contributed by atoms with Gasteiger partial charge in [-0.2, -0.15) is 0 Å². The molecule has 0 saturated carbocycles. The van der Waals surface area contributed by atoms with Crippen LogP contribution in [0.25, 0.3) is 10.2 Å². The van der Waals surface area contributed by atoms with Gasteiger partial charge in [-0.3, -0.25) is 19.1 Å². The molecule has 1 aliphatic heterocycles. The zero-order valence-corrected chi connectivity index (χ0v) is 22.7.